The van der Waals surface area contributed by atoms with Gasteiger partial charge in [0.2, 0.25) is 5.91 Å². The van der Waals surface area contributed by atoms with Gasteiger partial charge in [0.1, 0.15) is 0 Å². The molecular weight excluding hydrogens is 442 g/mol. The minimum absolute atomic E-state index is 0.0314. The Morgan fingerprint density at radius 2 is 1.61 bits per heavy atom. The van der Waals surface area contributed by atoms with Crippen LogP contribution in [0.4, 0.5) is 0 Å². The summed E-state index contributed by atoms with van der Waals surface area (Å²) in [5.74, 6) is 0.759. The molecule has 0 radical (unpaired) electrons. The number of pyridine rings is 1. The van der Waals surface area contributed by atoms with Crippen LogP contribution in [0, 0.1) is 5.92 Å². The number of nitrogens with one attached hydrogen (secondary N) is 1. The number of aromatic nitrogens is 1. The highest BCUT2D eigenvalue weighted by molar-refractivity contribution is 5.91. The van der Waals surface area contributed by atoms with E-state index in [4.69, 9.17) is 0 Å². The van der Waals surface area contributed by atoms with Crippen LogP contribution < -0.4 is 5.32 Å². The van der Waals surface area contributed by atoms with Crippen molar-refractivity contribution in [2.24, 2.45) is 5.92 Å². The number of carbonyl (C=O) groups is 1. The van der Waals surface area contributed by atoms with Gasteiger partial charge >= 0.3 is 0 Å². The van der Waals surface area contributed by atoms with Gasteiger partial charge in [-0.25, -0.2) is 0 Å². The molecule has 0 atom stereocenters. The molecule has 1 aliphatic carbocycles. The zero-order valence-corrected chi connectivity index (χ0v) is 21.1. The molecule has 0 bridgehead atoms. The van der Waals surface area contributed by atoms with Crippen LogP contribution in [-0.2, 0) is 17.6 Å². The summed E-state index contributed by atoms with van der Waals surface area (Å²) < 4.78 is 0. The van der Waals surface area contributed by atoms with Crippen LogP contribution >= 0.6 is 0 Å². The number of fused-ring (bicyclic) bond motifs is 2. The topological polar surface area (TPSA) is 45.2 Å². The normalized spacial score (nSPS) is 16.9. The number of likely N-dealkylation sites (tertiary alicyclic amines) is 1. The summed E-state index contributed by atoms with van der Waals surface area (Å²) in [6.07, 6.45) is 15.2. The predicted molar refractivity (Wildman–Crippen MR) is 147 cm³/mol. The van der Waals surface area contributed by atoms with E-state index in [-0.39, 0.29) is 5.91 Å². The lowest BCUT2D eigenvalue weighted by Crippen LogP contribution is -2.37. The molecule has 1 fully saturated rings. The predicted octanol–water partition coefficient (Wildman–Crippen LogP) is 5.98. The molecule has 1 saturated heterocycles. The monoisotopic (exact) mass is 479 g/mol. The Balaban J connectivity index is 1.08. The second-order valence-corrected chi connectivity index (χ2v) is 10.2. The van der Waals surface area contributed by atoms with Crippen LogP contribution in [0.15, 0.2) is 79.1 Å². The molecular formula is C32H37N3O. The van der Waals surface area contributed by atoms with E-state index < -0.39 is 0 Å². The number of nitrogens with zero attached hydrogens (tertiary/aromatic N) is 2. The van der Waals surface area contributed by atoms with Gasteiger partial charge in [0.15, 0.2) is 0 Å². The lowest BCUT2D eigenvalue weighted by atomic mass is 9.87. The van der Waals surface area contributed by atoms with Gasteiger partial charge in [-0.15, -0.1) is 0 Å². The summed E-state index contributed by atoms with van der Waals surface area (Å²) in [7, 11) is 0. The zero-order valence-electron chi connectivity index (χ0n) is 21.1. The first-order valence-corrected chi connectivity index (χ1v) is 13.5. The molecule has 1 aromatic heterocycles. The Kier molecular flexibility index (Phi) is 8.24. The average molecular weight is 480 g/mol. The van der Waals surface area contributed by atoms with E-state index in [2.05, 4.69) is 63.7 Å². The average Bonchev–Trinajstić information content (AvgIpc) is 3.10. The number of hydrogen-bond donors (Lipinski definition) is 1. The van der Waals surface area contributed by atoms with Gasteiger partial charge in [-0.1, -0.05) is 67.4 Å². The van der Waals surface area contributed by atoms with E-state index in [0.29, 0.717) is 6.04 Å². The minimum atomic E-state index is -0.0314. The van der Waals surface area contributed by atoms with Gasteiger partial charge in [-0.3, -0.25) is 14.7 Å². The third kappa shape index (κ3) is 6.11. The second kappa shape index (κ2) is 12.1. The fourth-order valence-electron chi connectivity index (χ4n) is 5.86. The maximum absolute atomic E-state index is 12.0. The summed E-state index contributed by atoms with van der Waals surface area (Å²) in [5, 5.41) is 3.01. The Morgan fingerprint density at radius 1 is 0.917 bits per heavy atom. The molecule has 186 valence electrons. The van der Waals surface area contributed by atoms with Crippen molar-refractivity contribution >= 4 is 12.0 Å². The molecule has 0 spiro atoms. The van der Waals surface area contributed by atoms with Crippen molar-refractivity contribution in [3.05, 3.63) is 107 Å². The van der Waals surface area contributed by atoms with E-state index in [0.717, 1.165) is 50.4 Å². The van der Waals surface area contributed by atoms with E-state index in [1.807, 2.05) is 12.1 Å². The van der Waals surface area contributed by atoms with Crippen molar-refractivity contribution < 1.29 is 4.79 Å². The van der Waals surface area contributed by atoms with Crippen molar-refractivity contribution in [1.82, 2.24) is 15.2 Å². The van der Waals surface area contributed by atoms with E-state index in [1.54, 1.807) is 24.5 Å². The van der Waals surface area contributed by atoms with Gasteiger partial charge < -0.3 is 5.32 Å². The number of rotatable bonds is 8. The molecule has 36 heavy (non-hydrogen) atoms. The van der Waals surface area contributed by atoms with Crippen LogP contribution in [-0.4, -0.2) is 35.4 Å². The van der Waals surface area contributed by atoms with Gasteiger partial charge in [0.25, 0.3) is 0 Å². The third-order valence-corrected chi connectivity index (χ3v) is 7.83. The smallest absolute Gasteiger partial charge is 0.243 e. The summed E-state index contributed by atoms with van der Waals surface area (Å²) in [6.45, 7) is 3.06. The molecule has 4 nitrogen and oxygen atoms in total. The molecule has 2 heterocycles. The van der Waals surface area contributed by atoms with Gasteiger partial charge in [0, 0.05) is 25.0 Å². The number of unbranched alkanes of at least 4 members (excludes halogenated alkanes) is 1. The number of hydrogen-bond acceptors (Lipinski definition) is 3. The zero-order chi connectivity index (χ0) is 24.6. The summed E-state index contributed by atoms with van der Waals surface area (Å²) in [5.41, 5.74) is 6.98. The molecule has 3 aromatic rings. The molecule has 4 heteroatoms. The SMILES string of the molecule is O=C(/C=C\c1cccnc1)NCCCCC1CCN(C2c3ccccc3CCc3ccccc32)CC1. The summed E-state index contributed by atoms with van der Waals surface area (Å²) in [4.78, 5) is 18.8. The molecule has 1 amide bonds. The van der Waals surface area contributed by atoms with Crippen molar-refractivity contribution in [2.75, 3.05) is 19.6 Å². The maximum Gasteiger partial charge on any atom is 0.243 e. The van der Waals surface area contributed by atoms with Crippen molar-refractivity contribution in [2.45, 2.75) is 51.0 Å². The highest BCUT2D eigenvalue weighted by atomic mass is 16.1. The second-order valence-electron chi connectivity index (χ2n) is 10.2. The maximum atomic E-state index is 12.0. The first-order valence-electron chi connectivity index (χ1n) is 13.5. The van der Waals surface area contributed by atoms with Crippen LogP contribution in [0.2, 0.25) is 0 Å². The van der Waals surface area contributed by atoms with Gasteiger partial charge in [0.05, 0.1) is 6.04 Å². The fourth-order valence-corrected chi connectivity index (χ4v) is 5.86. The van der Waals surface area contributed by atoms with Crippen molar-refractivity contribution in [3.63, 3.8) is 0 Å². The Labute approximate surface area is 215 Å². The molecule has 2 aliphatic rings. The Bertz CT molecular complexity index is 1120. The van der Waals surface area contributed by atoms with Crippen LogP contribution in [0.3, 0.4) is 0 Å². The lowest BCUT2D eigenvalue weighted by Gasteiger charge is -2.39. The summed E-state index contributed by atoms with van der Waals surface area (Å²) >= 11 is 0. The Hall–Kier alpha value is -3.24. The molecule has 0 unspecified atom stereocenters. The van der Waals surface area contributed by atoms with E-state index in [1.165, 1.54) is 47.9 Å². The highest BCUT2D eigenvalue weighted by Crippen LogP contribution is 2.39. The number of piperidine rings is 1. The molecule has 1 aliphatic heterocycles. The fraction of sp³-hybridized carbons (Fsp3) is 0.375. The molecule has 1 N–H and O–H groups in total. The van der Waals surface area contributed by atoms with Crippen molar-refractivity contribution in [1.29, 1.82) is 0 Å². The number of aryl methyl sites for hydroxylation is 2. The quantitative estimate of drug-likeness (QED) is 0.319. The standard InChI is InChI=1S/C32H37N3O/c36-31(17-14-26-9-7-20-33-24-26)34-21-6-5-8-25-18-22-35(23-19-25)32-29-12-3-1-10-27(29)15-16-28-11-2-4-13-30(28)32/h1-4,7,9-14,17,20,24-25,32H,5-6,8,15-16,18-19,21-23H2,(H,34,36)/b17-14-. The first-order chi connectivity index (χ1) is 17.8. The van der Waals surface area contributed by atoms with E-state index in [9.17, 15) is 4.79 Å². The van der Waals surface area contributed by atoms with Crippen LogP contribution in [0.25, 0.3) is 6.08 Å². The number of carbonyl (C=O) groups excluding carboxylic acids is 1. The summed E-state index contributed by atoms with van der Waals surface area (Å²) in [6, 6.07) is 22.4. The van der Waals surface area contributed by atoms with Crippen LogP contribution in [0.1, 0.15) is 66.0 Å². The lowest BCUT2D eigenvalue weighted by molar-refractivity contribution is -0.116. The van der Waals surface area contributed by atoms with Gasteiger partial charge in [-0.05, 0) is 91.1 Å². The third-order valence-electron chi connectivity index (χ3n) is 7.83. The molecule has 5 rings (SSSR count). The Morgan fingerprint density at radius 3 is 2.28 bits per heavy atom. The first kappa shape index (κ1) is 24.5. The van der Waals surface area contributed by atoms with Crippen LogP contribution in [0.5, 0.6) is 0 Å². The minimum Gasteiger partial charge on any atom is -0.353 e. The molecule has 0 saturated carbocycles. The number of benzene rings is 2. The molecule has 2 aromatic carbocycles. The number of amides is 1. The highest BCUT2D eigenvalue weighted by Gasteiger charge is 2.31. The largest absolute Gasteiger partial charge is 0.353 e. The van der Waals surface area contributed by atoms with E-state index >= 15 is 0 Å². The van der Waals surface area contributed by atoms with Crippen molar-refractivity contribution in [3.8, 4) is 0 Å². The van der Waals surface area contributed by atoms with Gasteiger partial charge in [-0.2, -0.15) is 0 Å².